The summed E-state index contributed by atoms with van der Waals surface area (Å²) in [6.45, 7) is 4.04. The highest BCUT2D eigenvalue weighted by Gasteiger charge is 2.00. The number of carbonyl (C=O) groups is 1. The summed E-state index contributed by atoms with van der Waals surface area (Å²) in [5.74, 6) is 0.0542. The van der Waals surface area contributed by atoms with E-state index in [2.05, 4.69) is 17.2 Å². The molecule has 0 unspecified atom stereocenters. The van der Waals surface area contributed by atoms with Crippen LogP contribution in [0.15, 0.2) is 18.3 Å². The summed E-state index contributed by atoms with van der Waals surface area (Å²) in [7, 11) is 0. The summed E-state index contributed by atoms with van der Waals surface area (Å²) < 4.78 is 0. The highest BCUT2D eigenvalue weighted by molar-refractivity contribution is 5.90. The first-order valence-corrected chi connectivity index (χ1v) is 5.01. The lowest BCUT2D eigenvalue weighted by atomic mass is 10.2. The third-order valence-electron chi connectivity index (χ3n) is 1.95. The predicted molar refractivity (Wildman–Crippen MR) is 57.2 cm³/mol. The van der Waals surface area contributed by atoms with Crippen molar-refractivity contribution >= 4 is 11.6 Å². The lowest BCUT2D eigenvalue weighted by molar-refractivity contribution is -0.116. The Morgan fingerprint density at radius 2 is 2.21 bits per heavy atom. The maximum atomic E-state index is 11.2. The number of aromatic nitrogens is 1. The van der Waals surface area contributed by atoms with E-state index in [1.807, 2.05) is 19.1 Å². The number of anilines is 1. The van der Waals surface area contributed by atoms with Crippen molar-refractivity contribution in [1.29, 1.82) is 0 Å². The van der Waals surface area contributed by atoms with Gasteiger partial charge in [-0.15, -0.1) is 0 Å². The Balaban J connectivity index is 2.55. The van der Waals surface area contributed by atoms with E-state index in [-0.39, 0.29) is 5.91 Å². The maximum absolute atomic E-state index is 11.2. The fourth-order valence-corrected chi connectivity index (χ4v) is 1.16. The monoisotopic (exact) mass is 192 g/mol. The molecule has 1 amide bonds. The van der Waals surface area contributed by atoms with Crippen LogP contribution in [0.1, 0.15) is 32.4 Å². The van der Waals surface area contributed by atoms with Gasteiger partial charge in [0.1, 0.15) is 0 Å². The number of nitrogens with one attached hydrogen (secondary N) is 1. The second-order valence-electron chi connectivity index (χ2n) is 3.19. The first-order valence-electron chi connectivity index (χ1n) is 5.01. The highest BCUT2D eigenvalue weighted by atomic mass is 16.1. The Kier molecular flexibility index (Phi) is 4.11. The minimum absolute atomic E-state index is 0.0542. The van der Waals surface area contributed by atoms with E-state index < -0.39 is 0 Å². The topological polar surface area (TPSA) is 42.0 Å². The number of hydrogen-bond acceptors (Lipinski definition) is 2. The number of aryl methyl sites for hydroxylation is 1. The van der Waals surface area contributed by atoms with Gasteiger partial charge in [-0.2, -0.15) is 0 Å². The highest BCUT2D eigenvalue weighted by Crippen LogP contribution is 2.07. The molecule has 0 saturated carbocycles. The van der Waals surface area contributed by atoms with E-state index in [0.717, 1.165) is 24.2 Å². The van der Waals surface area contributed by atoms with Crippen LogP contribution in [0.2, 0.25) is 0 Å². The zero-order valence-electron chi connectivity index (χ0n) is 8.71. The number of carbonyl (C=O) groups excluding carboxylic acids is 1. The molecule has 0 radical (unpaired) electrons. The average molecular weight is 192 g/mol. The molecule has 0 atom stereocenters. The van der Waals surface area contributed by atoms with E-state index in [1.165, 1.54) is 0 Å². The molecule has 1 rings (SSSR count). The molecule has 0 spiro atoms. The minimum atomic E-state index is 0.0542. The van der Waals surface area contributed by atoms with Gasteiger partial charge >= 0.3 is 0 Å². The van der Waals surface area contributed by atoms with Crippen LogP contribution in [0.3, 0.4) is 0 Å². The van der Waals surface area contributed by atoms with E-state index in [1.54, 1.807) is 6.20 Å². The van der Waals surface area contributed by atoms with Crippen LogP contribution in [0.25, 0.3) is 0 Å². The molecule has 3 nitrogen and oxygen atoms in total. The van der Waals surface area contributed by atoms with Crippen LogP contribution in [-0.2, 0) is 11.2 Å². The van der Waals surface area contributed by atoms with Gasteiger partial charge in [0.15, 0.2) is 0 Å². The minimum Gasteiger partial charge on any atom is -0.325 e. The van der Waals surface area contributed by atoms with Crippen LogP contribution in [0.5, 0.6) is 0 Å². The molecule has 0 aliphatic rings. The van der Waals surface area contributed by atoms with E-state index in [0.29, 0.717) is 6.42 Å². The molecule has 0 bridgehead atoms. The smallest absolute Gasteiger partial charge is 0.224 e. The van der Waals surface area contributed by atoms with Crippen LogP contribution in [0.4, 0.5) is 5.69 Å². The van der Waals surface area contributed by atoms with Crippen LogP contribution < -0.4 is 5.32 Å². The summed E-state index contributed by atoms with van der Waals surface area (Å²) in [5, 5.41) is 2.79. The average Bonchev–Trinajstić information content (AvgIpc) is 2.19. The first kappa shape index (κ1) is 10.7. The van der Waals surface area contributed by atoms with Gasteiger partial charge in [-0.1, -0.05) is 13.8 Å². The summed E-state index contributed by atoms with van der Waals surface area (Å²) >= 11 is 0. The summed E-state index contributed by atoms with van der Waals surface area (Å²) in [4.78, 5) is 15.4. The standard InChI is InChI=1S/C11H16N2O/c1-3-5-11(14)13-10-7-6-9(4-2)12-8-10/h6-8H,3-5H2,1-2H3,(H,13,14). The van der Waals surface area contributed by atoms with Gasteiger partial charge in [0.05, 0.1) is 11.9 Å². The Labute approximate surface area is 84.6 Å². The van der Waals surface area contributed by atoms with E-state index in [9.17, 15) is 4.79 Å². The molecule has 1 N–H and O–H groups in total. The van der Waals surface area contributed by atoms with Crippen molar-refractivity contribution in [2.24, 2.45) is 0 Å². The lowest BCUT2D eigenvalue weighted by Crippen LogP contribution is -2.10. The van der Waals surface area contributed by atoms with Crippen molar-refractivity contribution in [3.8, 4) is 0 Å². The SMILES string of the molecule is CCCC(=O)Nc1ccc(CC)nc1. The number of rotatable bonds is 4. The fourth-order valence-electron chi connectivity index (χ4n) is 1.16. The summed E-state index contributed by atoms with van der Waals surface area (Å²) in [6, 6.07) is 3.82. The van der Waals surface area contributed by atoms with Gasteiger partial charge in [0.25, 0.3) is 0 Å². The largest absolute Gasteiger partial charge is 0.325 e. The Hall–Kier alpha value is -1.38. The number of nitrogens with zero attached hydrogens (tertiary/aromatic N) is 1. The van der Waals surface area contributed by atoms with Crippen molar-refractivity contribution in [1.82, 2.24) is 4.98 Å². The third-order valence-corrected chi connectivity index (χ3v) is 1.95. The van der Waals surface area contributed by atoms with Crippen molar-refractivity contribution in [2.75, 3.05) is 5.32 Å². The molecule has 0 aliphatic heterocycles. The molecular formula is C11H16N2O. The van der Waals surface area contributed by atoms with Gasteiger partial charge in [0, 0.05) is 12.1 Å². The maximum Gasteiger partial charge on any atom is 0.224 e. The molecule has 1 aromatic rings. The molecule has 0 saturated heterocycles. The third kappa shape index (κ3) is 3.17. The molecule has 76 valence electrons. The Morgan fingerprint density at radius 1 is 1.43 bits per heavy atom. The quantitative estimate of drug-likeness (QED) is 0.795. The number of amides is 1. The van der Waals surface area contributed by atoms with Gasteiger partial charge in [0.2, 0.25) is 5.91 Å². The lowest BCUT2D eigenvalue weighted by Gasteiger charge is -2.03. The molecule has 1 aromatic heterocycles. The number of pyridine rings is 1. The normalized spacial score (nSPS) is 9.86. The van der Waals surface area contributed by atoms with Gasteiger partial charge < -0.3 is 5.32 Å². The second kappa shape index (κ2) is 5.37. The van der Waals surface area contributed by atoms with Crippen LogP contribution in [-0.4, -0.2) is 10.9 Å². The van der Waals surface area contributed by atoms with E-state index >= 15 is 0 Å². The Morgan fingerprint density at radius 3 is 2.71 bits per heavy atom. The Bertz CT molecular complexity index is 293. The summed E-state index contributed by atoms with van der Waals surface area (Å²) in [6.07, 6.45) is 4.05. The molecular weight excluding hydrogens is 176 g/mol. The molecule has 0 aromatic carbocycles. The summed E-state index contributed by atoms with van der Waals surface area (Å²) in [5.41, 5.74) is 1.82. The zero-order chi connectivity index (χ0) is 10.4. The van der Waals surface area contributed by atoms with Crippen LogP contribution in [0, 0.1) is 0 Å². The fraction of sp³-hybridized carbons (Fsp3) is 0.455. The molecule has 0 aliphatic carbocycles. The molecule has 1 heterocycles. The zero-order valence-corrected chi connectivity index (χ0v) is 8.71. The van der Waals surface area contributed by atoms with E-state index in [4.69, 9.17) is 0 Å². The van der Waals surface area contributed by atoms with Crippen molar-refractivity contribution in [3.63, 3.8) is 0 Å². The van der Waals surface area contributed by atoms with Gasteiger partial charge in [-0.3, -0.25) is 9.78 Å². The van der Waals surface area contributed by atoms with Crippen molar-refractivity contribution < 1.29 is 4.79 Å². The predicted octanol–water partition coefficient (Wildman–Crippen LogP) is 2.38. The van der Waals surface area contributed by atoms with Crippen molar-refractivity contribution in [3.05, 3.63) is 24.0 Å². The van der Waals surface area contributed by atoms with Gasteiger partial charge in [-0.05, 0) is 25.0 Å². The second-order valence-corrected chi connectivity index (χ2v) is 3.19. The number of hydrogen-bond donors (Lipinski definition) is 1. The first-order chi connectivity index (χ1) is 6.76. The van der Waals surface area contributed by atoms with Gasteiger partial charge in [-0.25, -0.2) is 0 Å². The molecule has 14 heavy (non-hydrogen) atoms. The molecule has 0 fully saturated rings. The van der Waals surface area contributed by atoms with Crippen molar-refractivity contribution in [2.45, 2.75) is 33.1 Å². The van der Waals surface area contributed by atoms with Crippen LogP contribution >= 0.6 is 0 Å². The molecule has 3 heteroatoms.